The Labute approximate surface area is 132 Å². The summed E-state index contributed by atoms with van der Waals surface area (Å²) in [6, 6.07) is 7.30. The van der Waals surface area contributed by atoms with E-state index in [1.807, 2.05) is 18.2 Å². The Hall–Kier alpha value is -1.86. The molecule has 1 fully saturated rings. The van der Waals surface area contributed by atoms with Gasteiger partial charge in [0.2, 0.25) is 5.91 Å². The van der Waals surface area contributed by atoms with Gasteiger partial charge in [-0.1, -0.05) is 11.8 Å². The maximum absolute atomic E-state index is 11.8. The molecule has 0 aromatic carbocycles. The number of carbonyl (C=O) groups excluding carboxylic acids is 1. The van der Waals surface area contributed by atoms with E-state index in [1.54, 1.807) is 12.3 Å². The highest BCUT2D eigenvalue weighted by atomic mass is 32.2. The molecule has 1 N–H and O–H groups in total. The van der Waals surface area contributed by atoms with Crippen molar-refractivity contribution in [3.8, 4) is 11.5 Å². The molecular formula is C15H17N3O3S. The number of aromatic nitrogens is 2. The molecule has 3 heterocycles. The van der Waals surface area contributed by atoms with Crippen molar-refractivity contribution in [2.24, 2.45) is 0 Å². The van der Waals surface area contributed by atoms with Gasteiger partial charge in [-0.15, -0.1) is 10.2 Å². The summed E-state index contributed by atoms with van der Waals surface area (Å²) in [5.74, 6) is 0.984. The molecule has 0 aliphatic carbocycles. The van der Waals surface area contributed by atoms with Gasteiger partial charge >= 0.3 is 0 Å². The summed E-state index contributed by atoms with van der Waals surface area (Å²) in [5.41, 5.74) is 0.678. The largest absolute Gasteiger partial charge is 0.463 e. The highest BCUT2D eigenvalue weighted by molar-refractivity contribution is 7.99. The molecule has 1 aliphatic heterocycles. The average Bonchev–Trinajstić information content (AvgIpc) is 3.24. The van der Waals surface area contributed by atoms with Gasteiger partial charge in [-0.25, -0.2) is 0 Å². The van der Waals surface area contributed by atoms with Crippen molar-refractivity contribution in [3.63, 3.8) is 0 Å². The summed E-state index contributed by atoms with van der Waals surface area (Å²) in [4.78, 5) is 11.8. The second-order valence-electron chi connectivity index (χ2n) is 4.96. The molecule has 116 valence electrons. The van der Waals surface area contributed by atoms with Gasteiger partial charge < -0.3 is 14.5 Å². The zero-order valence-electron chi connectivity index (χ0n) is 12.0. The number of furan rings is 1. The van der Waals surface area contributed by atoms with Crippen molar-refractivity contribution in [1.82, 2.24) is 15.5 Å². The Balaban J connectivity index is 1.43. The van der Waals surface area contributed by atoms with E-state index in [0.717, 1.165) is 19.4 Å². The molecule has 6 nitrogen and oxygen atoms in total. The molecule has 1 aliphatic rings. The van der Waals surface area contributed by atoms with Gasteiger partial charge in [0.25, 0.3) is 0 Å². The second-order valence-corrected chi connectivity index (χ2v) is 5.96. The number of rotatable bonds is 6. The van der Waals surface area contributed by atoms with Gasteiger partial charge in [-0.3, -0.25) is 4.79 Å². The number of ether oxygens (including phenoxy) is 1. The van der Waals surface area contributed by atoms with Crippen LogP contribution in [0.25, 0.3) is 11.5 Å². The molecule has 1 atom stereocenters. The Morgan fingerprint density at radius 2 is 2.32 bits per heavy atom. The summed E-state index contributed by atoms with van der Waals surface area (Å²) >= 11 is 1.36. The van der Waals surface area contributed by atoms with Crippen molar-refractivity contribution >= 4 is 17.7 Å². The van der Waals surface area contributed by atoms with Crippen molar-refractivity contribution in [3.05, 3.63) is 30.5 Å². The zero-order chi connectivity index (χ0) is 15.2. The quantitative estimate of drug-likeness (QED) is 0.822. The van der Waals surface area contributed by atoms with Crippen molar-refractivity contribution < 1.29 is 13.9 Å². The zero-order valence-corrected chi connectivity index (χ0v) is 12.8. The van der Waals surface area contributed by atoms with E-state index >= 15 is 0 Å². The highest BCUT2D eigenvalue weighted by Gasteiger charge is 2.16. The third-order valence-electron chi connectivity index (χ3n) is 3.32. The number of thioether (sulfide) groups is 1. The van der Waals surface area contributed by atoms with Crippen LogP contribution < -0.4 is 5.32 Å². The molecule has 0 saturated carbocycles. The molecule has 22 heavy (non-hydrogen) atoms. The SMILES string of the molecule is O=C(CSc1ccc(-c2ccco2)nn1)NC[C@@H]1CCCO1. The number of hydrogen-bond donors (Lipinski definition) is 1. The van der Waals surface area contributed by atoms with Crippen LogP contribution in [0, 0.1) is 0 Å². The predicted octanol–water partition coefficient (Wildman–Crippen LogP) is 2.12. The fraction of sp³-hybridized carbons (Fsp3) is 0.400. The molecule has 1 amide bonds. The Morgan fingerprint density at radius 1 is 1.36 bits per heavy atom. The third kappa shape index (κ3) is 4.08. The van der Waals surface area contributed by atoms with Gasteiger partial charge in [-0.2, -0.15) is 0 Å². The van der Waals surface area contributed by atoms with Crippen LogP contribution in [-0.2, 0) is 9.53 Å². The van der Waals surface area contributed by atoms with E-state index < -0.39 is 0 Å². The topological polar surface area (TPSA) is 77.2 Å². The minimum Gasteiger partial charge on any atom is -0.463 e. The smallest absolute Gasteiger partial charge is 0.230 e. The van der Waals surface area contributed by atoms with Crippen molar-refractivity contribution in [2.45, 2.75) is 24.0 Å². The molecule has 3 rings (SSSR count). The fourth-order valence-corrected chi connectivity index (χ4v) is 2.82. The summed E-state index contributed by atoms with van der Waals surface area (Å²) in [7, 11) is 0. The average molecular weight is 319 g/mol. The fourth-order valence-electron chi connectivity index (χ4n) is 2.18. The lowest BCUT2D eigenvalue weighted by molar-refractivity contribution is -0.119. The van der Waals surface area contributed by atoms with Gasteiger partial charge in [0.1, 0.15) is 10.7 Å². The maximum Gasteiger partial charge on any atom is 0.230 e. The van der Waals surface area contributed by atoms with Crippen molar-refractivity contribution in [1.29, 1.82) is 0 Å². The van der Waals surface area contributed by atoms with E-state index in [1.165, 1.54) is 11.8 Å². The van der Waals surface area contributed by atoms with Crippen LogP contribution >= 0.6 is 11.8 Å². The van der Waals surface area contributed by atoms with E-state index in [9.17, 15) is 4.79 Å². The monoisotopic (exact) mass is 319 g/mol. The lowest BCUT2D eigenvalue weighted by Crippen LogP contribution is -2.32. The van der Waals surface area contributed by atoms with Crippen LogP contribution in [-0.4, -0.2) is 41.1 Å². The number of hydrogen-bond acceptors (Lipinski definition) is 6. The predicted molar refractivity (Wildman–Crippen MR) is 82.4 cm³/mol. The van der Waals surface area contributed by atoms with Crippen LogP contribution in [0.5, 0.6) is 0 Å². The van der Waals surface area contributed by atoms with E-state index in [4.69, 9.17) is 9.15 Å². The Morgan fingerprint density at radius 3 is 3.00 bits per heavy atom. The molecule has 0 spiro atoms. The van der Waals surface area contributed by atoms with Crippen LogP contribution in [0.4, 0.5) is 0 Å². The van der Waals surface area contributed by atoms with Gasteiger partial charge in [0, 0.05) is 13.2 Å². The van der Waals surface area contributed by atoms with E-state index in [-0.39, 0.29) is 12.0 Å². The van der Waals surface area contributed by atoms with Crippen LogP contribution in [0.1, 0.15) is 12.8 Å². The summed E-state index contributed by atoms with van der Waals surface area (Å²) in [6.07, 6.45) is 3.86. The van der Waals surface area contributed by atoms with Gasteiger partial charge in [0.15, 0.2) is 5.76 Å². The number of nitrogens with one attached hydrogen (secondary N) is 1. The summed E-state index contributed by atoms with van der Waals surface area (Å²) < 4.78 is 10.7. The lowest BCUT2D eigenvalue weighted by Gasteiger charge is -2.10. The molecule has 7 heteroatoms. The molecule has 0 bridgehead atoms. The molecule has 2 aromatic rings. The summed E-state index contributed by atoms with van der Waals surface area (Å²) in [5, 5.41) is 11.8. The number of carbonyl (C=O) groups is 1. The molecule has 0 unspecified atom stereocenters. The van der Waals surface area contributed by atoms with E-state index in [2.05, 4.69) is 15.5 Å². The standard InChI is InChI=1S/C15H17N3O3S/c19-14(16-9-11-3-1-7-20-11)10-22-15-6-5-12(17-18-15)13-4-2-8-21-13/h2,4-6,8,11H,1,3,7,9-10H2,(H,16,19)/t11-/m0/s1. The number of nitrogens with zero attached hydrogens (tertiary/aromatic N) is 2. The minimum absolute atomic E-state index is 0.0163. The first-order valence-corrected chi connectivity index (χ1v) is 8.18. The maximum atomic E-state index is 11.8. The Kier molecular flexibility index (Phi) is 5.07. The summed E-state index contributed by atoms with van der Waals surface area (Å²) in [6.45, 7) is 1.38. The molecule has 0 radical (unpaired) electrons. The molecule has 1 saturated heterocycles. The Bertz CT molecular complexity index is 595. The van der Waals surface area contributed by atoms with Crippen LogP contribution in [0.2, 0.25) is 0 Å². The first-order chi connectivity index (χ1) is 10.8. The first kappa shape index (κ1) is 15.1. The van der Waals surface area contributed by atoms with E-state index in [0.29, 0.717) is 28.8 Å². The first-order valence-electron chi connectivity index (χ1n) is 7.20. The van der Waals surface area contributed by atoms with Crippen molar-refractivity contribution in [2.75, 3.05) is 18.9 Å². The second kappa shape index (κ2) is 7.42. The third-order valence-corrected chi connectivity index (χ3v) is 4.24. The minimum atomic E-state index is -0.0163. The van der Waals surface area contributed by atoms with Gasteiger partial charge in [-0.05, 0) is 37.1 Å². The van der Waals surface area contributed by atoms with Crippen LogP contribution in [0.15, 0.2) is 40.0 Å². The number of amides is 1. The molecule has 2 aromatic heterocycles. The van der Waals surface area contributed by atoms with Crippen LogP contribution in [0.3, 0.4) is 0 Å². The highest BCUT2D eigenvalue weighted by Crippen LogP contribution is 2.19. The molecular weight excluding hydrogens is 302 g/mol. The normalized spacial score (nSPS) is 17.5. The lowest BCUT2D eigenvalue weighted by atomic mass is 10.2. The van der Waals surface area contributed by atoms with Gasteiger partial charge in [0.05, 0.1) is 18.1 Å².